The van der Waals surface area contributed by atoms with Gasteiger partial charge in [0.1, 0.15) is 0 Å². The molecule has 0 amide bonds. The Morgan fingerprint density at radius 1 is 0.333 bits per heavy atom. The van der Waals surface area contributed by atoms with Crippen molar-refractivity contribution in [2.24, 2.45) is 0 Å². The Morgan fingerprint density at radius 3 is 1.38 bits per heavy atom. The van der Waals surface area contributed by atoms with E-state index in [-0.39, 0.29) is 0 Å². The Hall–Kier alpha value is -8.12. The van der Waals surface area contributed by atoms with E-state index in [1.807, 2.05) is 0 Å². The predicted molar refractivity (Wildman–Crippen MR) is 264 cm³/mol. The molecular formula is C58H38N4Si. The Balaban J connectivity index is 1.10. The molecule has 4 nitrogen and oxygen atoms in total. The first kappa shape index (κ1) is 35.6. The molecule has 0 bridgehead atoms. The largest absolute Gasteiger partial charge is 0.307 e. The fourth-order valence-electron chi connectivity index (χ4n) is 10.6. The van der Waals surface area contributed by atoms with E-state index in [1.54, 1.807) is 0 Å². The van der Waals surface area contributed by atoms with Crippen molar-refractivity contribution in [3.8, 4) is 45.3 Å². The first-order valence-corrected chi connectivity index (χ1v) is 23.6. The Morgan fingerprint density at radius 2 is 0.794 bits per heavy atom. The summed E-state index contributed by atoms with van der Waals surface area (Å²) >= 11 is 0. The van der Waals surface area contributed by atoms with Crippen LogP contribution in [-0.4, -0.2) is 27.2 Å². The van der Waals surface area contributed by atoms with E-state index < -0.39 is 8.07 Å². The summed E-state index contributed by atoms with van der Waals surface area (Å²) in [5.41, 5.74) is 12.2. The second kappa shape index (κ2) is 14.0. The summed E-state index contributed by atoms with van der Waals surface area (Å²) in [6.07, 6.45) is 0. The van der Waals surface area contributed by atoms with E-state index in [4.69, 9.17) is 9.97 Å². The van der Waals surface area contributed by atoms with Crippen molar-refractivity contribution >= 4 is 72.4 Å². The van der Waals surface area contributed by atoms with E-state index >= 15 is 0 Å². The Kier molecular flexibility index (Phi) is 7.89. The van der Waals surface area contributed by atoms with Gasteiger partial charge in [-0.05, 0) is 52.0 Å². The van der Waals surface area contributed by atoms with Crippen LogP contribution in [0.25, 0.3) is 88.9 Å². The zero-order chi connectivity index (χ0) is 41.5. The number of hydrogen-bond donors (Lipinski definition) is 0. The molecule has 1 aliphatic heterocycles. The second-order valence-corrected chi connectivity index (χ2v) is 20.2. The molecule has 0 fully saturated rings. The third-order valence-electron chi connectivity index (χ3n) is 13.2. The van der Waals surface area contributed by atoms with Gasteiger partial charge < -0.3 is 9.13 Å². The molecule has 63 heavy (non-hydrogen) atoms. The summed E-state index contributed by atoms with van der Waals surface area (Å²) in [5, 5.41) is 10.1. The van der Waals surface area contributed by atoms with Gasteiger partial charge in [-0.3, -0.25) is 0 Å². The molecule has 0 saturated heterocycles. The van der Waals surface area contributed by atoms with Crippen LogP contribution in [0.2, 0.25) is 0 Å². The molecule has 1 aliphatic rings. The van der Waals surface area contributed by atoms with Crippen molar-refractivity contribution in [2.75, 3.05) is 0 Å². The van der Waals surface area contributed by atoms with Gasteiger partial charge in [0.15, 0.2) is 13.9 Å². The monoisotopic (exact) mass is 818 g/mol. The van der Waals surface area contributed by atoms with Gasteiger partial charge in [-0.2, -0.15) is 0 Å². The first-order chi connectivity index (χ1) is 31.3. The van der Waals surface area contributed by atoms with Gasteiger partial charge in [-0.15, -0.1) is 0 Å². The summed E-state index contributed by atoms with van der Waals surface area (Å²) in [5.74, 6) is 0.729. The maximum Gasteiger partial charge on any atom is 0.185 e. The normalized spacial score (nSPS) is 12.9. The van der Waals surface area contributed by atoms with Gasteiger partial charge in [0.25, 0.3) is 0 Å². The molecule has 13 rings (SSSR count). The Labute approximate surface area is 365 Å². The average molecular weight is 819 g/mol. The number of rotatable bonds is 6. The molecule has 294 valence electrons. The number of fused-ring (bicyclic) bond motifs is 10. The summed E-state index contributed by atoms with van der Waals surface area (Å²) in [6, 6.07) is 83.8. The highest BCUT2D eigenvalue weighted by Gasteiger charge is 2.51. The van der Waals surface area contributed by atoms with Crippen LogP contribution in [0.15, 0.2) is 231 Å². The lowest BCUT2D eigenvalue weighted by Gasteiger charge is -2.32. The maximum atomic E-state index is 5.63. The molecule has 12 aromatic rings. The van der Waals surface area contributed by atoms with Crippen LogP contribution in [0.1, 0.15) is 0 Å². The highest BCUT2D eigenvalue weighted by molar-refractivity contribution is 7.22. The molecule has 5 heteroatoms. The van der Waals surface area contributed by atoms with E-state index in [2.05, 4.69) is 240 Å². The molecule has 0 aliphatic carbocycles. The number of hydrogen-bond acceptors (Lipinski definition) is 2. The van der Waals surface area contributed by atoms with E-state index in [9.17, 15) is 0 Å². The van der Waals surface area contributed by atoms with Crippen LogP contribution in [0, 0.1) is 0 Å². The van der Waals surface area contributed by atoms with Crippen molar-refractivity contribution in [1.29, 1.82) is 0 Å². The lowest BCUT2D eigenvalue weighted by molar-refractivity contribution is 1.15. The average Bonchev–Trinajstić information content (AvgIpc) is 3.99. The maximum absolute atomic E-state index is 5.63. The molecular weight excluding hydrogens is 781 g/mol. The fraction of sp³-hybridized carbons (Fsp3) is 0. The van der Waals surface area contributed by atoms with E-state index in [0.717, 1.165) is 39.7 Å². The first-order valence-electron chi connectivity index (χ1n) is 21.6. The van der Waals surface area contributed by atoms with Gasteiger partial charge in [0, 0.05) is 54.8 Å². The molecule has 0 unspecified atom stereocenters. The highest BCUT2D eigenvalue weighted by Crippen LogP contribution is 2.42. The fourth-order valence-corrected chi connectivity index (χ4v) is 15.9. The van der Waals surface area contributed by atoms with Gasteiger partial charge in [-0.1, -0.05) is 194 Å². The quantitative estimate of drug-likeness (QED) is 0.157. The summed E-state index contributed by atoms with van der Waals surface area (Å²) in [7, 11) is -2.93. The van der Waals surface area contributed by atoms with Gasteiger partial charge in [0.2, 0.25) is 0 Å². The SMILES string of the molecule is c1ccc(-c2nc(-c3ccc(-n4c5ccccc5c5ccc6c7ccccc7n(-c7ccccc7)c6c54)cc3)c3c(n2)-c2ccccc2[Si]3(c2ccccc2)c2ccccc2)cc1. The van der Waals surface area contributed by atoms with Crippen LogP contribution in [0.4, 0.5) is 0 Å². The summed E-state index contributed by atoms with van der Waals surface area (Å²) in [4.78, 5) is 11.2. The molecule has 0 radical (unpaired) electrons. The van der Waals surface area contributed by atoms with Crippen molar-refractivity contribution in [2.45, 2.75) is 0 Å². The standard InChI is InChI=1S/C58H38N4Si/c1-5-19-40(20-6-1)58-59-53(57-54(60-58)49-29-15-18-32-52(49)63(57,43-23-9-3-10-24-43)44-25-11-4-12-26-44)39-33-35-42(36-34-39)62-51-31-17-14-28-46(51)48-38-37-47-45-27-13-16-30-50(45)61(55(47)56(48)62)41-21-7-2-8-22-41/h1-38H. The highest BCUT2D eigenvalue weighted by atomic mass is 28.3. The van der Waals surface area contributed by atoms with Crippen LogP contribution >= 0.6 is 0 Å². The number of para-hydroxylation sites is 3. The minimum absolute atomic E-state index is 0.729. The predicted octanol–water partition coefficient (Wildman–Crippen LogP) is 11.4. The lowest BCUT2D eigenvalue weighted by Crippen LogP contribution is -2.73. The van der Waals surface area contributed by atoms with Crippen molar-refractivity contribution in [1.82, 2.24) is 19.1 Å². The summed E-state index contributed by atoms with van der Waals surface area (Å²) < 4.78 is 4.92. The van der Waals surface area contributed by atoms with E-state index in [1.165, 1.54) is 69.9 Å². The van der Waals surface area contributed by atoms with Gasteiger partial charge in [-0.25, -0.2) is 9.97 Å². The third kappa shape index (κ3) is 5.14. The van der Waals surface area contributed by atoms with Crippen molar-refractivity contribution < 1.29 is 0 Å². The number of benzene rings is 9. The summed E-state index contributed by atoms with van der Waals surface area (Å²) in [6.45, 7) is 0. The van der Waals surface area contributed by atoms with Crippen LogP contribution < -0.4 is 20.7 Å². The van der Waals surface area contributed by atoms with Crippen LogP contribution in [-0.2, 0) is 0 Å². The zero-order valence-corrected chi connectivity index (χ0v) is 35.2. The second-order valence-electron chi connectivity index (χ2n) is 16.5. The van der Waals surface area contributed by atoms with Crippen LogP contribution in [0.5, 0.6) is 0 Å². The molecule has 0 saturated carbocycles. The molecule has 3 aromatic heterocycles. The molecule has 9 aromatic carbocycles. The van der Waals surface area contributed by atoms with Crippen LogP contribution in [0.3, 0.4) is 0 Å². The molecule has 0 spiro atoms. The minimum Gasteiger partial charge on any atom is -0.307 e. The van der Waals surface area contributed by atoms with Gasteiger partial charge >= 0.3 is 0 Å². The number of nitrogens with zero attached hydrogens (tertiary/aromatic N) is 4. The van der Waals surface area contributed by atoms with E-state index in [0.29, 0.717) is 0 Å². The topological polar surface area (TPSA) is 35.6 Å². The van der Waals surface area contributed by atoms with Crippen molar-refractivity contribution in [3.05, 3.63) is 231 Å². The van der Waals surface area contributed by atoms with Crippen molar-refractivity contribution in [3.63, 3.8) is 0 Å². The lowest BCUT2D eigenvalue weighted by atomic mass is 10.1. The number of aromatic nitrogens is 4. The smallest absolute Gasteiger partial charge is 0.185 e. The Bertz CT molecular complexity index is 3670. The van der Waals surface area contributed by atoms with Gasteiger partial charge in [0.05, 0.1) is 33.5 Å². The zero-order valence-electron chi connectivity index (χ0n) is 34.2. The minimum atomic E-state index is -2.93. The third-order valence-corrected chi connectivity index (χ3v) is 18.1. The molecule has 0 N–H and O–H groups in total. The molecule has 0 atom stereocenters. The molecule has 4 heterocycles.